The number of nitrogens with one attached hydrogen (secondary N) is 1. The van der Waals surface area contributed by atoms with Gasteiger partial charge in [0.15, 0.2) is 6.61 Å². The summed E-state index contributed by atoms with van der Waals surface area (Å²) in [6, 6.07) is 3.59. The fourth-order valence-electron chi connectivity index (χ4n) is 4.52. The molecular formula is C24H29N3O5. The monoisotopic (exact) mass is 439 g/mol. The number of pyridine rings is 1. The summed E-state index contributed by atoms with van der Waals surface area (Å²) in [7, 11) is 0. The molecule has 1 N–H and O–H groups in total. The molecule has 3 aromatic rings. The number of esters is 1. The van der Waals surface area contributed by atoms with E-state index in [4.69, 9.17) is 13.7 Å². The number of rotatable bonds is 5. The van der Waals surface area contributed by atoms with Crippen molar-refractivity contribution < 1.29 is 23.3 Å². The van der Waals surface area contributed by atoms with Gasteiger partial charge in [-0.25, -0.2) is 9.78 Å². The van der Waals surface area contributed by atoms with Gasteiger partial charge < -0.3 is 19.0 Å². The van der Waals surface area contributed by atoms with Crippen LogP contribution in [0.5, 0.6) is 0 Å². The zero-order valence-corrected chi connectivity index (χ0v) is 19.2. The van der Waals surface area contributed by atoms with Crippen molar-refractivity contribution in [2.24, 2.45) is 11.8 Å². The van der Waals surface area contributed by atoms with Gasteiger partial charge in [0.1, 0.15) is 11.5 Å². The molecule has 0 saturated heterocycles. The number of ether oxygens (including phenoxy) is 1. The Labute approximate surface area is 186 Å². The Bertz CT molecular complexity index is 1160. The van der Waals surface area contributed by atoms with Gasteiger partial charge in [-0.1, -0.05) is 31.8 Å². The zero-order chi connectivity index (χ0) is 23.0. The molecule has 0 aliphatic heterocycles. The highest BCUT2D eigenvalue weighted by atomic mass is 16.5. The Balaban J connectivity index is 1.53. The number of nitrogens with zero attached hydrogens (tertiary/aromatic N) is 2. The Hall–Kier alpha value is -3.16. The third-order valence-corrected chi connectivity index (χ3v) is 6.54. The summed E-state index contributed by atoms with van der Waals surface area (Å²) < 4.78 is 16.3. The SMILES string of the molecule is Cc1cc(-c2cc(C(=O)OCC(=O)NC3CCCC(C)C3C)c3c(C)noc3n2)c(C)o1. The average molecular weight is 440 g/mol. The van der Waals surface area contributed by atoms with E-state index in [1.807, 2.05) is 19.9 Å². The molecule has 1 aliphatic carbocycles. The Kier molecular flexibility index (Phi) is 6.04. The number of carbonyl (C=O) groups is 2. The molecule has 3 heterocycles. The molecule has 3 aromatic heterocycles. The molecule has 8 heteroatoms. The molecule has 1 saturated carbocycles. The second kappa shape index (κ2) is 8.76. The molecule has 0 spiro atoms. The maximum absolute atomic E-state index is 13.0. The van der Waals surface area contributed by atoms with Crippen molar-refractivity contribution in [3.05, 3.63) is 34.9 Å². The largest absolute Gasteiger partial charge is 0.466 e. The number of aryl methyl sites for hydroxylation is 3. The molecule has 1 amide bonds. The summed E-state index contributed by atoms with van der Waals surface area (Å²) in [6.45, 7) is 9.42. The number of aromatic nitrogens is 2. The van der Waals surface area contributed by atoms with Crippen LogP contribution in [-0.2, 0) is 9.53 Å². The van der Waals surface area contributed by atoms with Crippen LogP contribution in [-0.4, -0.2) is 34.7 Å². The molecule has 0 radical (unpaired) electrons. The van der Waals surface area contributed by atoms with Gasteiger partial charge in [0.25, 0.3) is 11.6 Å². The van der Waals surface area contributed by atoms with Crippen LogP contribution in [0.2, 0.25) is 0 Å². The van der Waals surface area contributed by atoms with Crippen molar-refractivity contribution >= 4 is 23.0 Å². The molecule has 0 aromatic carbocycles. The highest BCUT2D eigenvalue weighted by molar-refractivity contribution is 6.04. The smallest absolute Gasteiger partial charge is 0.339 e. The minimum Gasteiger partial charge on any atom is -0.466 e. The molecule has 4 rings (SSSR count). The van der Waals surface area contributed by atoms with Crippen molar-refractivity contribution in [3.63, 3.8) is 0 Å². The van der Waals surface area contributed by atoms with Crippen molar-refractivity contribution in [1.29, 1.82) is 0 Å². The zero-order valence-electron chi connectivity index (χ0n) is 19.2. The van der Waals surface area contributed by atoms with Crippen LogP contribution in [0.25, 0.3) is 22.4 Å². The Morgan fingerprint density at radius 3 is 2.69 bits per heavy atom. The first kappa shape index (κ1) is 22.0. The van der Waals surface area contributed by atoms with Gasteiger partial charge >= 0.3 is 5.97 Å². The molecule has 3 unspecified atom stereocenters. The van der Waals surface area contributed by atoms with E-state index >= 15 is 0 Å². The van der Waals surface area contributed by atoms with Crippen molar-refractivity contribution in [2.45, 2.75) is 59.9 Å². The number of fused-ring (bicyclic) bond motifs is 1. The van der Waals surface area contributed by atoms with Gasteiger partial charge in [0.2, 0.25) is 0 Å². The Morgan fingerprint density at radius 1 is 1.19 bits per heavy atom. The highest BCUT2D eigenvalue weighted by Crippen LogP contribution is 2.31. The summed E-state index contributed by atoms with van der Waals surface area (Å²) in [5, 5.41) is 7.44. The fraction of sp³-hybridized carbons (Fsp3) is 0.500. The highest BCUT2D eigenvalue weighted by Gasteiger charge is 2.29. The number of hydrogen-bond donors (Lipinski definition) is 1. The predicted molar refractivity (Wildman–Crippen MR) is 118 cm³/mol. The van der Waals surface area contributed by atoms with E-state index in [2.05, 4.69) is 29.3 Å². The summed E-state index contributed by atoms with van der Waals surface area (Å²) in [5.41, 5.74) is 2.30. The minimum atomic E-state index is -0.622. The molecule has 170 valence electrons. The predicted octanol–water partition coefficient (Wildman–Crippen LogP) is 4.51. The lowest BCUT2D eigenvalue weighted by Gasteiger charge is -2.34. The van der Waals surface area contributed by atoms with Crippen LogP contribution in [0.4, 0.5) is 0 Å². The molecular weight excluding hydrogens is 410 g/mol. The van der Waals surface area contributed by atoms with Crippen LogP contribution >= 0.6 is 0 Å². The van der Waals surface area contributed by atoms with E-state index in [-0.39, 0.29) is 29.8 Å². The van der Waals surface area contributed by atoms with Crippen molar-refractivity contribution in [1.82, 2.24) is 15.5 Å². The first-order valence-corrected chi connectivity index (χ1v) is 11.1. The van der Waals surface area contributed by atoms with Gasteiger partial charge in [-0.15, -0.1) is 0 Å². The van der Waals surface area contributed by atoms with Gasteiger partial charge in [-0.2, -0.15) is 0 Å². The molecule has 1 aliphatic rings. The second-order valence-electron chi connectivity index (χ2n) is 8.85. The lowest BCUT2D eigenvalue weighted by atomic mass is 9.78. The number of furan rings is 1. The molecule has 8 nitrogen and oxygen atoms in total. The van der Waals surface area contributed by atoms with Crippen LogP contribution in [0.3, 0.4) is 0 Å². The van der Waals surface area contributed by atoms with E-state index in [1.165, 1.54) is 6.42 Å². The van der Waals surface area contributed by atoms with Crippen LogP contribution in [0, 0.1) is 32.6 Å². The Morgan fingerprint density at radius 2 is 1.97 bits per heavy atom. The summed E-state index contributed by atoms with van der Waals surface area (Å²) in [4.78, 5) is 29.9. The maximum Gasteiger partial charge on any atom is 0.339 e. The third-order valence-electron chi connectivity index (χ3n) is 6.54. The van der Waals surface area contributed by atoms with E-state index in [1.54, 1.807) is 13.0 Å². The number of hydrogen-bond acceptors (Lipinski definition) is 7. The minimum absolute atomic E-state index is 0.108. The summed E-state index contributed by atoms with van der Waals surface area (Å²) in [5.74, 6) is 1.46. The maximum atomic E-state index is 13.0. The van der Waals surface area contributed by atoms with E-state index in [0.717, 1.165) is 24.2 Å². The lowest BCUT2D eigenvalue weighted by Crippen LogP contribution is -2.45. The second-order valence-corrected chi connectivity index (χ2v) is 8.85. The first-order chi connectivity index (χ1) is 15.2. The van der Waals surface area contributed by atoms with Crippen molar-refractivity contribution in [2.75, 3.05) is 6.61 Å². The quantitative estimate of drug-likeness (QED) is 0.583. The summed E-state index contributed by atoms with van der Waals surface area (Å²) >= 11 is 0. The molecule has 32 heavy (non-hydrogen) atoms. The van der Waals surface area contributed by atoms with Crippen LogP contribution in [0.1, 0.15) is 60.7 Å². The molecule has 1 fully saturated rings. The lowest BCUT2D eigenvalue weighted by molar-refractivity contribution is -0.125. The topological polar surface area (TPSA) is 107 Å². The van der Waals surface area contributed by atoms with Crippen LogP contribution in [0.15, 0.2) is 21.1 Å². The average Bonchev–Trinajstić information content (AvgIpc) is 3.30. The first-order valence-electron chi connectivity index (χ1n) is 11.1. The normalized spacial score (nSPS) is 21.0. The van der Waals surface area contributed by atoms with Crippen LogP contribution < -0.4 is 5.32 Å². The van der Waals surface area contributed by atoms with Gasteiger partial charge in [-0.05, 0) is 51.2 Å². The summed E-state index contributed by atoms with van der Waals surface area (Å²) in [6.07, 6.45) is 3.22. The van der Waals surface area contributed by atoms with Crippen molar-refractivity contribution in [3.8, 4) is 11.3 Å². The number of carbonyl (C=O) groups excluding carboxylic acids is 2. The number of amides is 1. The molecule has 0 bridgehead atoms. The van der Waals surface area contributed by atoms with E-state index in [0.29, 0.717) is 34.4 Å². The third kappa shape index (κ3) is 4.26. The standard InChI is InChI=1S/C24H29N3O5/c1-12-7-6-8-19(14(12)3)25-21(28)11-30-24(29)18-10-20(17-9-13(2)31-16(17)5)26-23-22(18)15(4)27-32-23/h9-10,12,14,19H,6-8,11H2,1-5H3,(H,25,28). The fourth-order valence-corrected chi connectivity index (χ4v) is 4.52. The van der Waals surface area contributed by atoms with E-state index in [9.17, 15) is 9.59 Å². The molecule has 3 atom stereocenters. The van der Waals surface area contributed by atoms with Gasteiger partial charge in [0.05, 0.1) is 22.3 Å². The van der Waals surface area contributed by atoms with Gasteiger partial charge in [0, 0.05) is 11.6 Å². The van der Waals surface area contributed by atoms with E-state index < -0.39 is 5.97 Å². The van der Waals surface area contributed by atoms with Gasteiger partial charge in [-0.3, -0.25) is 4.79 Å².